The van der Waals surface area contributed by atoms with Crippen LogP contribution in [0, 0.1) is 0 Å². The number of nitrogens with one attached hydrogen (secondary N) is 1. The van der Waals surface area contributed by atoms with Crippen LogP contribution in [-0.2, 0) is 16.1 Å². The number of hydrogen-bond donors (Lipinski definition) is 1. The van der Waals surface area contributed by atoms with Crippen LogP contribution in [0.2, 0.25) is 0 Å². The predicted octanol–water partition coefficient (Wildman–Crippen LogP) is 2.25. The first-order chi connectivity index (χ1) is 15.6. The number of piperazine rings is 1. The highest BCUT2D eigenvalue weighted by Crippen LogP contribution is 2.24. The molecule has 32 heavy (non-hydrogen) atoms. The molecule has 0 spiro atoms. The van der Waals surface area contributed by atoms with Gasteiger partial charge in [-0.2, -0.15) is 0 Å². The fourth-order valence-corrected chi connectivity index (χ4v) is 5.47. The Labute approximate surface area is 192 Å². The van der Waals surface area contributed by atoms with Crippen LogP contribution in [0.25, 0.3) is 0 Å². The average molecular weight is 443 g/mol. The first kappa shape index (κ1) is 23.1. The van der Waals surface area contributed by atoms with E-state index in [1.165, 1.54) is 32.1 Å². The molecule has 0 aromatic heterocycles. The summed E-state index contributed by atoms with van der Waals surface area (Å²) in [6.07, 6.45) is 7.91. The molecule has 1 aromatic rings. The number of carbonyl (C=O) groups is 2. The lowest BCUT2D eigenvalue weighted by atomic mass is 9.94. The van der Waals surface area contributed by atoms with Crippen molar-refractivity contribution < 1.29 is 14.3 Å². The summed E-state index contributed by atoms with van der Waals surface area (Å²) in [5, 5.41) is 2.96. The number of hydrogen-bond acceptors (Lipinski definition) is 5. The van der Waals surface area contributed by atoms with Crippen molar-refractivity contribution in [2.75, 3.05) is 46.4 Å². The molecule has 4 rings (SSSR count). The number of amides is 2. The van der Waals surface area contributed by atoms with Crippen molar-refractivity contribution in [3.05, 3.63) is 29.8 Å². The normalized spacial score (nSPS) is 24.1. The first-order valence-electron chi connectivity index (χ1n) is 12.3. The summed E-state index contributed by atoms with van der Waals surface area (Å²) >= 11 is 0. The Kier molecular flexibility index (Phi) is 8.03. The SMILES string of the molecule is COc1cccc(CN2CCNC(=O)C2CC(=O)N2CCCN(C3CCCCC3)CC2)c1. The highest BCUT2D eigenvalue weighted by Gasteiger charge is 2.34. The fourth-order valence-electron chi connectivity index (χ4n) is 5.47. The monoisotopic (exact) mass is 442 g/mol. The van der Waals surface area contributed by atoms with Crippen molar-refractivity contribution in [1.29, 1.82) is 0 Å². The third kappa shape index (κ3) is 5.81. The van der Waals surface area contributed by atoms with Crippen molar-refractivity contribution in [3.63, 3.8) is 0 Å². The summed E-state index contributed by atoms with van der Waals surface area (Å²) in [6.45, 7) is 5.62. The number of rotatable bonds is 6. The van der Waals surface area contributed by atoms with Gasteiger partial charge in [0.25, 0.3) is 0 Å². The van der Waals surface area contributed by atoms with Gasteiger partial charge in [-0.1, -0.05) is 31.4 Å². The molecular weight excluding hydrogens is 404 g/mol. The maximum atomic E-state index is 13.2. The molecule has 3 fully saturated rings. The minimum atomic E-state index is -0.417. The molecule has 2 saturated heterocycles. The number of methoxy groups -OCH3 is 1. The molecule has 7 nitrogen and oxygen atoms in total. The standard InChI is InChI=1S/C25H38N4O3/c1-32-22-10-5-7-20(17-22)19-29-14-11-26-25(31)23(29)18-24(30)28-13-6-12-27(15-16-28)21-8-3-2-4-9-21/h5,7,10,17,21,23H,2-4,6,8-9,11-16,18-19H2,1H3,(H,26,31). The van der Waals surface area contributed by atoms with Crippen molar-refractivity contribution in [2.24, 2.45) is 0 Å². The van der Waals surface area contributed by atoms with Gasteiger partial charge < -0.3 is 15.0 Å². The molecule has 1 saturated carbocycles. The molecular formula is C25H38N4O3. The van der Waals surface area contributed by atoms with Crippen LogP contribution < -0.4 is 10.1 Å². The lowest BCUT2D eigenvalue weighted by molar-refractivity contribution is -0.139. The Hall–Kier alpha value is -2.12. The van der Waals surface area contributed by atoms with E-state index in [9.17, 15) is 9.59 Å². The number of nitrogens with zero attached hydrogens (tertiary/aromatic N) is 3. The van der Waals surface area contributed by atoms with E-state index in [4.69, 9.17) is 4.74 Å². The average Bonchev–Trinajstić information content (AvgIpc) is 3.08. The summed E-state index contributed by atoms with van der Waals surface area (Å²) in [7, 11) is 1.66. The maximum absolute atomic E-state index is 13.2. The zero-order valence-corrected chi connectivity index (χ0v) is 19.4. The second-order valence-corrected chi connectivity index (χ2v) is 9.40. The van der Waals surface area contributed by atoms with Gasteiger partial charge in [-0.25, -0.2) is 0 Å². The van der Waals surface area contributed by atoms with Gasteiger partial charge in [-0.3, -0.25) is 19.4 Å². The maximum Gasteiger partial charge on any atom is 0.237 e. The number of carbonyl (C=O) groups excluding carboxylic acids is 2. The van der Waals surface area contributed by atoms with Crippen LogP contribution in [0.1, 0.15) is 50.5 Å². The van der Waals surface area contributed by atoms with Gasteiger partial charge in [0.2, 0.25) is 11.8 Å². The van der Waals surface area contributed by atoms with Crippen LogP contribution in [0.4, 0.5) is 0 Å². The van der Waals surface area contributed by atoms with Gasteiger partial charge >= 0.3 is 0 Å². The minimum Gasteiger partial charge on any atom is -0.497 e. The van der Waals surface area contributed by atoms with Crippen molar-refractivity contribution in [1.82, 2.24) is 20.0 Å². The van der Waals surface area contributed by atoms with E-state index in [0.29, 0.717) is 19.1 Å². The first-order valence-corrected chi connectivity index (χ1v) is 12.3. The van der Waals surface area contributed by atoms with Crippen LogP contribution in [0.3, 0.4) is 0 Å². The van der Waals surface area contributed by atoms with Crippen molar-refractivity contribution in [3.8, 4) is 5.75 Å². The molecule has 1 aliphatic carbocycles. The van der Waals surface area contributed by atoms with Crippen LogP contribution in [0.15, 0.2) is 24.3 Å². The molecule has 0 bridgehead atoms. The molecule has 3 aliphatic rings. The van der Waals surface area contributed by atoms with E-state index >= 15 is 0 Å². The highest BCUT2D eigenvalue weighted by molar-refractivity contribution is 5.88. The third-order valence-electron chi connectivity index (χ3n) is 7.30. The second-order valence-electron chi connectivity index (χ2n) is 9.40. The van der Waals surface area contributed by atoms with Gasteiger partial charge in [-0.15, -0.1) is 0 Å². The van der Waals surface area contributed by atoms with Gasteiger partial charge in [0.05, 0.1) is 19.6 Å². The summed E-state index contributed by atoms with van der Waals surface area (Å²) < 4.78 is 5.34. The zero-order valence-electron chi connectivity index (χ0n) is 19.4. The second kappa shape index (κ2) is 11.1. The van der Waals surface area contributed by atoms with E-state index in [2.05, 4.69) is 15.1 Å². The largest absolute Gasteiger partial charge is 0.497 e. The number of ether oxygens (including phenoxy) is 1. The smallest absolute Gasteiger partial charge is 0.237 e. The molecule has 176 valence electrons. The van der Waals surface area contributed by atoms with Crippen LogP contribution in [0.5, 0.6) is 5.75 Å². The van der Waals surface area contributed by atoms with Crippen LogP contribution >= 0.6 is 0 Å². The van der Waals surface area contributed by atoms with Crippen molar-refractivity contribution >= 4 is 11.8 Å². The molecule has 7 heteroatoms. The van der Waals surface area contributed by atoms with Gasteiger partial charge in [-0.05, 0) is 37.0 Å². The summed E-state index contributed by atoms with van der Waals surface area (Å²) in [6, 6.07) is 8.21. The van der Waals surface area contributed by atoms with Gasteiger partial charge in [0.15, 0.2) is 0 Å². The Balaban J connectivity index is 1.35. The molecule has 1 N–H and O–H groups in total. The molecule has 0 radical (unpaired) electrons. The van der Waals surface area contributed by atoms with E-state index in [1.807, 2.05) is 29.2 Å². The van der Waals surface area contributed by atoms with Gasteiger partial charge in [0.1, 0.15) is 5.75 Å². The Morgan fingerprint density at radius 3 is 2.72 bits per heavy atom. The fraction of sp³-hybridized carbons (Fsp3) is 0.680. The van der Waals surface area contributed by atoms with Crippen molar-refractivity contribution in [2.45, 2.75) is 63.6 Å². The molecule has 1 aromatic carbocycles. The minimum absolute atomic E-state index is 0.0360. The summed E-state index contributed by atoms with van der Waals surface area (Å²) in [5.74, 6) is 0.878. The summed E-state index contributed by atoms with van der Waals surface area (Å²) in [5.41, 5.74) is 1.09. The molecule has 1 unspecified atom stereocenters. The van der Waals surface area contributed by atoms with E-state index in [-0.39, 0.29) is 18.2 Å². The van der Waals surface area contributed by atoms with Crippen LogP contribution in [-0.4, -0.2) is 85.0 Å². The van der Waals surface area contributed by atoms with E-state index in [0.717, 1.165) is 50.5 Å². The molecule has 1 atom stereocenters. The Morgan fingerprint density at radius 2 is 1.91 bits per heavy atom. The predicted molar refractivity (Wildman–Crippen MR) is 124 cm³/mol. The Morgan fingerprint density at radius 1 is 1.06 bits per heavy atom. The summed E-state index contributed by atoms with van der Waals surface area (Å²) in [4.78, 5) is 32.7. The quantitative estimate of drug-likeness (QED) is 0.732. The molecule has 2 aliphatic heterocycles. The van der Waals surface area contributed by atoms with E-state index < -0.39 is 6.04 Å². The Bertz CT molecular complexity index is 780. The molecule has 2 heterocycles. The van der Waals surface area contributed by atoms with E-state index in [1.54, 1.807) is 7.11 Å². The lowest BCUT2D eigenvalue weighted by Crippen LogP contribution is -2.56. The molecule has 2 amide bonds. The lowest BCUT2D eigenvalue weighted by Gasteiger charge is -2.36. The highest BCUT2D eigenvalue weighted by atomic mass is 16.5. The topological polar surface area (TPSA) is 65.1 Å². The number of benzene rings is 1. The third-order valence-corrected chi connectivity index (χ3v) is 7.30. The zero-order chi connectivity index (χ0) is 22.3. The van der Waals surface area contributed by atoms with Gasteiger partial charge in [0, 0.05) is 51.9 Å².